The summed E-state index contributed by atoms with van der Waals surface area (Å²) in [5.74, 6) is 3.38. The van der Waals surface area contributed by atoms with Crippen molar-refractivity contribution in [2.75, 3.05) is 40.4 Å². The Morgan fingerprint density at radius 1 is 0.667 bits per heavy atom. The number of methoxy groups -OCH3 is 2. The van der Waals surface area contributed by atoms with Gasteiger partial charge in [-0.2, -0.15) is 9.97 Å². The molecule has 0 radical (unpaired) electrons. The summed E-state index contributed by atoms with van der Waals surface area (Å²) in [6, 6.07) is 17.8. The zero-order valence-electron chi connectivity index (χ0n) is 34.8. The van der Waals surface area contributed by atoms with Gasteiger partial charge < -0.3 is 29.9 Å². The molecule has 2 fully saturated rings. The summed E-state index contributed by atoms with van der Waals surface area (Å²) in [5, 5.41) is 9.44. The summed E-state index contributed by atoms with van der Waals surface area (Å²) in [5.41, 5.74) is 6.51. The van der Waals surface area contributed by atoms with Gasteiger partial charge >= 0.3 is 35.6 Å². The molecule has 16 heteroatoms. The minimum absolute atomic E-state index is 0. The van der Waals surface area contributed by atoms with Crippen LogP contribution in [0.25, 0.3) is 22.1 Å². The molecule has 0 atom stereocenters. The average Bonchev–Trinajstić information content (AvgIpc) is 3.56. The van der Waals surface area contributed by atoms with E-state index < -0.39 is 0 Å². The van der Waals surface area contributed by atoms with Gasteiger partial charge in [-0.15, -0.1) is 0 Å². The summed E-state index contributed by atoms with van der Waals surface area (Å²) in [6.07, 6.45) is 13.5. The molecular weight excluding hydrogens is 791 g/mol. The van der Waals surface area contributed by atoms with Crippen LogP contribution in [-0.2, 0) is 39.1 Å². The fraction of sp³-hybridized carbons (Fsp3) is 0.500. The second-order valence-corrected chi connectivity index (χ2v) is 15.3. The second-order valence-electron chi connectivity index (χ2n) is 14.9. The Hall–Kier alpha value is -3.89. The van der Waals surface area contributed by atoms with Gasteiger partial charge in [0.05, 0.1) is 42.9 Å². The molecule has 6 aromatic rings. The van der Waals surface area contributed by atoms with Crippen molar-refractivity contribution in [3.63, 3.8) is 0 Å². The van der Waals surface area contributed by atoms with Gasteiger partial charge in [0.1, 0.15) is 18.3 Å². The van der Waals surface area contributed by atoms with Crippen molar-refractivity contribution in [3.05, 3.63) is 89.0 Å². The molecule has 14 nitrogen and oxygen atoms in total. The molecule has 0 amide bonds. The standard InChI is InChI=1S/C21H25N5O2.C16H21N3O.C5H5ClN2O.2CH4.Na.H/c1-27-20-7-9-22-21(24-20)28-14-15-5-6-18-17(13-15)23-19-8-10-25(11-12-26(18)19)16-3-2-4-16;20-11-12-4-5-15-14(10-12)17-16-6-7-18(8-9-19(15)16)13-2-1-3-13;1-9-4-2-3-7-5(6)8-4;;;;/h5-7,9,13,16H,2-4,8,10-12,14H2,1H3;4-5,10,13,20H,1-3,6-9,11H2;2-3H,1H3;2*1H4;;/q;;;;;+1;-1. The van der Waals surface area contributed by atoms with E-state index in [2.05, 4.69) is 63.1 Å². The van der Waals surface area contributed by atoms with E-state index in [4.69, 9.17) is 35.8 Å². The monoisotopic (exact) mass is 850 g/mol. The number of nitrogens with zero attached hydrogens (tertiary/aromatic N) is 10. The van der Waals surface area contributed by atoms with Crippen LogP contribution in [-0.4, -0.2) is 106 Å². The van der Waals surface area contributed by atoms with Crippen LogP contribution in [0.3, 0.4) is 0 Å². The van der Waals surface area contributed by atoms with Crippen LogP contribution < -0.4 is 43.8 Å². The number of benzene rings is 2. The van der Waals surface area contributed by atoms with E-state index in [0.717, 1.165) is 86.4 Å². The first-order valence-electron chi connectivity index (χ1n) is 20.1. The summed E-state index contributed by atoms with van der Waals surface area (Å²) < 4.78 is 20.4. The van der Waals surface area contributed by atoms with Gasteiger partial charge in [-0.3, -0.25) is 9.80 Å². The van der Waals surface area contributed by atoms with Gasteiger partial charge in [0.2, 0.25) is 17.0 Å². The number of halogens is 1. The van der Waals surface area contributed by atoms with E-state index in [1.54, 1.807) is 25.4 Å². The fourth-order valence-corrected chi connectivity index (χ4v) is 8.15. The van der Waals surface area contributed by atoms with Crippen LogP contribution in [0.2, 0.25) is 5.28 Å². The number of ether oxygens (including phenoxy) is 3. The third kappa shape index (κ3) is 11.1. The minimum Gasteiger partial charge on any atom is -1.00 e. The van der Waals surface area contributed by atoms with Gasteiger partial charge in [-0.05, 0) is 72.7 Å². The molecule has 1 N–H and O–H groups in total. The molecule has 2 saturated carbocycles. The predicted octanol–water partition coefficient (Wildman–Crippen LogP) is 4.29. The SMILES string of the molecule is C.C.COc1ccnc(Cl)n1.COc1ccnc(OCc2ccc3c(c2)nc2n3CCN(C3CCC3)CC2)n1.OCc1ccc2c(c1)nc1n2CCN(C2CCC2)CC1.[H-].[Na+]. The molecule has 318 valence electrons. The van der Waals surface area contributed by atoms with E-state index in [1.807, 2.05) is 12.1 Å². The van der Waals surface area contributed by atoms with Crippen molar-refractivity contribution in [2.45, 2.75) is 105 Å². The van der Waals surface area contributed by atoms with E-state index >= 15 is 0 Å². The van der Waals surface area contributed by atoms with Crippen molar-refractivity contribution in [3.8, 4) is 17.8 Å². The number of hydrogen-bond donors (Lipinski definition) is 1. The van der Waals surface area contributed by atoms with Crippen LogP contribution in [0, 0.1) is 0 Å². The Bertz CT molecular complexity index is 2290. The van der Waals surface area contributed by atoms with Crippen LogP contribution in [0.4, 0.5) is 0 Å². The quantitative estimate of drug-likeness (QED) is 0.173. The molecule has 0 bridgehead atoms. The Morgan fingerprint density at radius 3 is 1.67 bits per heavy atom. The van der Waals surface area contributed by atoms with Crippen LogP contribution in [0.15, 0.2) is 60.9 Å². The van der Waals surface area contributed by atoms with Gasteiger partial charge in [-0.25, -0.2) is 19.9 Å². The molecule has 60 heavy (non-hydrogen) atoms. The molecule has 4 aliphatic rings. The Kier molecular flexibility index (Phi) is 17.5. The maximum atomic E-state index is 9.23. The molecule has 0 unspecified atom stereocenters. The fourth-order valence-electron chi connectivity index (χ4n) is 8.01. The Balaban J connectivity index is 0.000000218. The number of aliphatic hydroxyl groups is 1. The zero-order chi connectivity index (χ0) is 39.1. The van der Waals surface area contributed by atoms with Gasteiger partial charge in [0.15, 0.2) is 0 Å². The molecule has 0 spiro atoms. The minimum atomic E-state index is 0. The van der Waals surface area contributed by atoms with Crippen molar-refractivity contribution in [2.24, 2.45) is 0 Å². The topological polar surface area (TPSA) is 142 Å². The first-order valence-corrected chi connectivity index (χ1v) is 20.4. The summed E-state index contributed by atoms with van der Waals surface area (Å²) in [6.45, 7) is 7.09. The Morgan fingerprint density at radius 2 is 1.18 bits per heavy atom. The van der Waals surface area contributed by atoms with Gasteiger partial charge in [-0.1, -0.05) is 39.8 Å². The maximum absolute atomic E-state index is 9.23. The van der Waals surface area contributed by atoms with Crippen molar-refractivity contribution in [1.82, 2.24) is 48.8 Å². The Labute approximate surface area is 382 Å². The number of hydrogen-bond acceptors (Lipinski definition) is 12. The first-order chi connectivity index (χ1) is 28.0. The van der Waals surface area contributed by atoms with Crippen molar-refractivity contribution < 1.29 is 50.3 Å². The summed E-state index contributed by atoms with van der Waals surface area (Å²) in [4.78, 5) is 30.7. The van der Waals surface area contributed by atoms with E-state index in [-0.39, 0.29) is 57.7 Å². The normalized spacial score (nSPS) is 16.5. The largest absolute Gasteiger partial charge is 1.00 e. The predicted molar refractivity (Wildman–Crippen MR) is 232 cm³/mol. The molecule has 0 saturated heterocycles. The molecule has 2 aromatic carbocycles. The molecule has 2 aliphatic carbocycles. The number of imidazole rings is 2. The maximum Gasteiger partial charge on any atom is 1.00 e. The van der Waals surface area contributed by atoms with E-state index in [1.165, 1.54) is 74.5 Å². The number of aromatic nitrogens is 8. The van der Waals surface area contributed by atoms with Crippen LogP contribution in [0.1, 0.15) is 77.6 Å². The third-order valence-electron chi connectivity index (χ3n) is 11.6. The average molecular weight is 851 g/mol. The molecular formula is C44H60ClN10NaO4. The second kappa shape index (κ2) is 22.3. The summed E-state index contributed by atoms with van der Waals surface area (Å²) in [7, 11) is 3.10. The number of rotatable bonds is 8. The molecule has 10 rings (SSSR count). The van der Waals surface area contributed by atoms with Gasteiger partial charge in [0.25, 0.3) is 0 Å². The van der Waals surface area contributed by atoms with Gasteiger partial charge in [0, 0.05) is 88.7 Å². The van der Waals surface area contributed by atoms with Crippen LogP contribution >= 0.6 is 11.6 Å². The van der Waals surface area contributed by atoms with Crippen LogP contribution in [0.5, 0.6) is 17.8 Å². The number of aliphatic hydroxyl groups excluding tert-OH is 1. The van der Waals surface area contributed by atoms with Crippen molar-refractivity contribution >= 4 is 33.7 Å². The first kappa shape index (κ1) is 47.2. The van der Waals surface area contributed by atoms with E-state index in [9.17, 15) is 5.11 Å². The molecule has 2 aliphatic heterocycles. The molecule has 4 aromatic heterocycles. The zero-order valence-corrected chi connectivity index (χ0v) is 36.5. The third-order valence-corrected chi connectivity index (χ3v) is 11.8. The molecule has 6 heterocycles. The van der Waals surface area contributed by atoms with E-state index in [0.29, 0.717) is 24.4 Å². The number of fused-ring (bicyclic) bond motifs is 6. The van der Waals surface area contributed by atoms with Crippen molar-refractivity contribution in [1.29, 1.82) is 0 Å². The summed E-state index contributed by atoms with van der Waals surface area (Å²) >= 11 is 5.42. The smallest absolute Gasteiger partial charge is 1.00 e.